The van der Waals surface area contributed by atoms with Gasteiger partial charge in [0.2, 0.25) is 5.91 Å². The van der Waals surface area contributed by atoms with E-state index in [-0.39, 0.29) is 30.7 Å². The fourth-order valence-electron chi connectivity index (χ4n) is 2.58. The van der Waals surface area contributed by atoms with Gasteiger partial charge in [0.05, 0.1) is 11.1 Å². The second-order valence-corrected chi connectivity index (χ2v) is 5.62. The molecule has 0 saturated carbocycles. The van der Waals surface area contributed by atoms with Crippen LogP contribution in [0, 0.1) is 12.7 Å². The first-order valence-corrected chi connectivity index (χ1v) is 7.48. The Morgan fingerprint density at radius 1 is 1.04 bits per heavy atom. The van der Waals surface area contributed by atoms with E-state index in [4.69, 9.17) is 0 Å². The average Bonchev–Trinajstić information content (AvgIpc) is 2.78. The third kappa shape index (κ3) is 3.03. The predicted molar refractivity (Wildman–Crippen MR) is 86.2 cm³/mol. The van der Waals surface area contributed by atoms with Crippen LogP contribution >= 0.6 is 0 Å². The van der Waals surface area contributed by atoms with Gasteiger partial charge in [0.1, 0.15) is 5.82 Å². The molecule has 0 aliphatic carbocycles. The molecule has 1 N–H and O–H groups in total. The summed E-state index contributed by atoms with van der Waals surface area (Å²) in [6.45, 7) is 1.84. The van der Waals surface area contributed by atoms with Gasteiger partial charge in [-0.05, 0) is 43.3 Å². The molecule has 122 valence electrons. The van der Waals surface area contributed by atoms with Gasteiger partial charge in [-0.1, -0.05) is 11.6 Å². The van der Waals surface area contributed by atoms with E-state index in [2.05, 4.69) is 5.32 Å². The maximum atomic E-state index is 12.8. The molecule has 0 unspecified atom stereocenters. The van der Waals surface area contributed by atoms with Crippen molar-refractivity contribution in [2.75, 3.05) is 11.9 Å². The highest BCUT2D eigenvalue weighted by Crippen LogP contribution is 2.24. The number of aryl methyl sites for hydroxylation is 1. The minimum absolute atomic E-state index is 0.00157. The summed E-state index contributed by atoms with van der Waals surface area (Å²) in [6.07, 6.45) is -0.0260. The molecule has 3 amide bonds. The molecule has 6 heteroatoms. The Labute approximate surface area is 138 Å². The molecule has 0 radical (unpaired) electrons. The molecule has 0 fully saturated rings. The van der Waals surface area contributed by atoms with Gasteiger partial charge in [-0.15, -0.1) is 0 Å². The lowest BCUT2D eigenvalue weighted by molar-refractivity contribution is -0.116. The maximum absolute atomic E-state index is 12.8. The quantitative estimate of drug-likeness (QED) is 0.879. The normalized spacial score (nSPS) is 13.2. The molecule has 2 aromatic carbocycles. The lowest BCUT2D eigenvalue weighted by Crippen LogP contribution is -2.32. The molecule has 0 bridgehead atoms. The Bertz CT molecular complexity index is 831. The molecular weight excluding hydrogens is 311 g/mol. The number of carbonyl (C=O) groups excluding carboxylic acids is 3. The number of halogens is 1. The number of imide groups is 1. The highest BCUT2D eigenvalue weighted by molar-refractivity contribution is 6.21. The summed E-state index contributed by atoms with van der Waals surface area (Å²) in [5, 5.41) is 2.60. The Morgan fingerprint density at radius 3 is 2.42 bits per heavy atom. The van der Waals surface area contributed by atoms with Gasteiger partial charge in [0, 0.05) is 18.7 Å². The molecule has 1 heterocycles. The second-order valence-electron chi connectivity index (χ2n) is 5.62. The zero-order chi connectivity index (χ0) is 17.3. The number of carbonyl (C=O) groups is 3. The van der Waals surface area contributed by atoms with E-state index in [1.807, 2.05) is 6.92 Å². The van der Waals surface area contributed by atoms with Crippen LogP contribution in [-0.2, 0) is 4.79 Å². The van der Waals surface area contributed by atoms with Crippen LogP contribution in [0.5, 0.6) is 0 Å². The third-order valence-electron chi connectivity index (χ3n) is 3.82. The lowest BCUT2D eigenvalue weighted by Gasteiger charge is -2.13. The van der Waals surface area contributed by atoms with Crippen molar-refractivity contribution in [1.29, 1.82) is 0 Å². The van der Waals surface area contributed by atoms with Crippen molar-refractivity contribution in [1.82, 2.24) is 4.90 Å². The van der Waals surface area contributed by atoms with Crippen molar-refractivity contribution in [3.63, 3.8) is 0 Å². The fourth-order valence-corrected chi connectivity index (χ4v) is 2.58. The molecular formula is C18H15FN2O3. The van der Waals surface area contributed by atoms with Crippen LogP contribution in [0.3, 0.4) is 0 Å². The standard InChI is InChI=1S/C18H15FN2O3/c1-11-2-7-14-15(10-11)18(24)21(17(14)23)9-8-16(22)20-13-5-3-12(19)4-6-13/h2-7,10H,8-9H2,1H3,(H,20,22). The highest BCUT2D eigenvalue weighted by atomic mass is 19.1. The summed E-state index contributed by atoms with van der Waals surface area (Å²) in [7, 11) is 0. The number of fused-ring (bicyclic) bond motifs is 1. The molecule has 24 heavy (non-hydrogen) atoms. The number of hydrogen-bond donors (Lipinski definition) is 1. The van der Waals surface area contributed by atoms with Gasteiger partial charge in [-0.2, -0.15) is 0 Å². The van der Waals surface area contributed by atoms with Gasteiger partial charge < -0.3 is 5.32 Å². The van der Waals surface area contributed by atoms with Gasteiger partial charge in [-0.3, -0.25) is 19.3 Å². The Hall–Kier alpha value is -3.02. The molecule has 2 aromatic rings. The van der Waals surface area contributed by atoms with E-state index in [0.717, 1.165) is 10.5 Å². The average molecular weight is 326 g/mol. The van der Waals surface area contributed by atoms with E-state index in [1.54, 1.807) is 18.2 Å². The number of hydrogen-bond acceptors (Lipinski definition) is 3. The van der Waals surface area contributed by atoms with Crippen molar-refractivity contribution >= 4 is 23.4 Å². The van der Waals surface area contributed by atoms with E-state index < -0.39 is 5.82 Å². The number of rotatable bonds is 4. The Kier molecular flexibility index (Phi) is 4.12. The molecule has 1 aliphatic rings. The van der Waals surface area contributed by atoms with Crippen molar-refractivity contribution in [2.24, 2.45) is 0 Å². The molecule has 3 rings (SSSR count). The maximum Gasteiger partial charge on any atom is 0.261 e. The minimum atomic E-state index is -0.394. The van der Waals surface area contributed by atoms with Crippen LogP contribution in [0.1, 0.15) is 32.7 Å². The number of nitrogens with one attached hydrogen (secondary N) is 1. The van der Waals surface area contributed by atoms with Gasteiger partial charge in [-0.25, -0.2) is 4.39 Å². The number of amides is 3. The third-order valence-corrected chi connectivity index (χ3v) is 3.82. The smallest absolute Gasteiger partial charge is 0.261 e. The van der Waals surface area contributed by atoms with Crippen LogP contribution in [0.2, 0.25) is 0 Å². The van der Waals surface area contributed by atoms with Crippen LogP contribution in [0.4, 0.5) is 10.1 Å². The predicted octanol–water partition coefficient (Wildman–Crippen LogP) is 2.76. The van der Waals surface area contributed by atoms with Crippen LogP contribution < -0.4 is 5.32 Å². The number of anilines is 1. The Balaban J connectivity index is 1.63. The lowest BCUT2D eigenvalue weighted by atomic mass is 10.1. The van der Waals surface area contributed by atoms with E-state index in [9.17, 15) is 18.8 Å². The van der Waals surface area contributed by atoms with Crippen LogP contribution in [0.25, 0.3) is 0 Å². The first kappa shape index (κ1) is 15.9. The minimum Gasteiger partial charge on any atom is -0.326 e. The largest absolute Gasteiger partial charge is 0.326 e. The molecule has 5 nitrogen and oxygen atoms in total. The van der Waals surface area contributed by atoms with Crippen molar-refractivity contribution < 1.29 is 18.8 Å². The summed E-state index contributed by atoms with van der Waals surface area (Å²) in [5.41, 5.74) is 2.09. The highest BCUT2D eigenvalue weighted by Gasteiger charge is 2.35. The molecule has 0 saturated heterocycles. The van der Waals surface area contributed by atoms with Crippen LogP contribution in [0.15, 0.2) is 42.5 Å². The summed E-state index contributed by atoms with van der Waals surface area (Å²) < 4.78 is 12.8. The Morgan fingerprint density at radius 2 is 1.71 bits per heavy atom. The second kappa shape index (κ2) is 6.23. The first-order valence-electron chi connectivity index (χ1n) is 7.48. The SMILES string of the molecule is Cc1ccc2c(c1)C(=O)N(CCC(=O)Nc1ccc(F)cc1)C2=O. The zero-order valence-electron chi connectivity index (χ0n) is 13.0. The van der Waals surface area contributed by atoms with E-state index >= 15 is 0 Å². The summed E-state index contributed by atoms with van der Waals surface area (Å²) in [5.74, 6) is -1.51. The molecule has 0 atom stereocenters. The topological polar surface area (TPSA) is 66.5 Å². The van der Waals surface area contributed by atoms with Gasteiger partial charge >= 0.3 is 0 Å². The zero-order valence-corrected chi connectivity index (χ0v) is 13.0. The van der Waals surface area contributed by atoms with E-state index in [0.29, 0.717) is 16.8 Å². The summed E-state index contributed by atoms with van der Waals surface area (Å²) in [4.78, 5) is 37.6. The monoisotopic (exact) mass is 326 g/mol. The molecule has 0 aromatic heterocycles. The van der Waals surface area contributed by atoms with Crippen LogP contribution in [-0.4, -0.2) is 29.2 Å². The van der Waals surface area contributed by atoms with E-state index in [1.165, 1.54) is 24.3 Å². The van der Waals surface area contributed by atoms with Gasteiger partial charge in [0.15, 0.2) is 0 Å². The van der Waals surface area contributed by atoms with Gasteiger partial charge in [0.25, 0.3) is 11.8 Å². The summed E-state index contributed by atoms with van der Waals surface area (Å²) in [6, 6.07) is 10.4. The summed E-state index contributed by atoms with van der Waals surface area (Å²) >= 11 is 0. The fraction of sp³-hybridized carbons (Fsp3) is 0.167. The number of nitrogens with zero attached hydrogens (tertiary/aromatic N) is 1. The molecule has 1 aliphatic heterocycles. The number of benzene rings is 2. The first-order chi connectivity index (χ1) is 11.5. The molecule has 0 spiro atoms. The van der Waals surface area contributed by atoms with Crippen molar-refractivity contribution in [3.05, 3.63) is 65.0 Å². The van der Waals surface area contributed by atoms with Crippen molar-refractivity contribution in [2.45, 2.75) is 13.3 Å². The van der Waals surface area contributed by atoms with Crippen molar-refractivity contribution in [3.8, 4) is 0 Å².